The summed E-state index contributed by atoms with van der Waals surface area (Å²) in [6.45, 7) is 1.79. The van der Waals surface area contributed by atoms with E-state index in [1.165, 1.54) is 12.0 Å². The molecule has 28 heavy (non-hydrogen) atoms. The lowest BCUT2D eigenvalue weighted by Crippen LogP contribution is -2.40. The average Bonchev–Trinajstić information content (AvgIpc) is 3.10. The van der Waals surface area contributed by atoms with Crippen molar-refractivity contribution in [2.24, 2.45) is 17.6 Å². The third kappa shape index (κ3) is 6.02. The van der Waals surface area contributed by atoms with Gasteiger partial charge in [0.1, 0.15) is 11.5 Å². The first-order chi connectivity index (χ1) is 13.1. The van der Waals surface area contributed by atoms with E-state index < -0.39 is 0 Å². The predicted octanol–water partition coefficient (Wildman–Crippen LogP) is 3.81. The maximum atomic E-state index is 12.6. The van der Waals surface area contributed by atoms with Crippen molar-refractivity contribution in [1.29, 1.82) is 0 Å². The lowest BCUT2D eigenvalue weighted by atomic mass is 9.90. The van der Waals surface area contributed by atoms with E-state index in [-0.39, 0.29) is 18.4 Å². The minimum Gasteiger partial charge on any atom is -0.497 e. The molecule has 3 rings (SSSR count). The second-order valence-corrected chi connectivity index (χ2v) is 8.14. The second kappa shape index (κ2) is 10.9. The van der Waals surface area contributed by atoms with Crippen molar-refractivity contribution in [3.05, 3.63) is 23.8 Å². The first kappa shape index (κ1) is 22.8. The number of methoxy groups -OCH3 is 2. The van der Waals surface area contributed by atoms with Gasteiger partial charge in [0, 0.05) is 31.6 Å². The van der Waals surface area contributed by atoms with Gasteiger partial charge < -0.3 is 20.1 Å². The van der Waals surface area contributed by atoms with Gasteiger partial charge in [0.25, 0.3) is 0 Å². The van der Waals surface area contributed by atoms with Crippen LogP contribution in [-0.4, -0.2) is 44.2 Å². The molecule has 2 N–H and O–H groups in total. The molecule has 1 aromatic carbocycles. The quantitative estimate of drug-likeness (QED) is 0.742. The fourth-order valence-electron chi connectivity index (χ4n) is 4.52. The first-order valence-electron chi connectivity index (χ1n) is 10.3. The van der Waals surface area contributed by atoms with Gasteiger partial charge in [0.05, 0.1) is 14.2 Å². The molecule has 0 aromatic heterocycles. The molecule has 6 heteroatoms. The Kier molecular flexibility index (Phi) is 8.90. The minimum absolute atomic E-state index is 0. The molecule has 0 radical (unpaired) electrons. The molecule has 1 aliphatic heterocycles. The van der Waals surface area contributed by atoms with E-state index in [9.17, 15) is 4.79 Å². The second-order valence-electron chi connectivity index (χ2n) is 8.14. The summed E-state index contributed by atoms with van der Waals surface area (Å²) in [5, 5.41) is 0. The Bertz CT molecular complexity index is 610. The van der Waals surface area contributed by atoms with Crippen molar-refractivity contribution in [3.8, 4) is 11.5 Å². The van der Waals surface area contributed by atoms with E-state index in [0.717, 1.165) is 63.1 Å². The fraction of sp³-hybridized carbons (Fsp3) is 0.682. The Morgan fingerprint density at radius 3 is 2.25 bits per heavy atom. The number of carbonyl (C=O) groups excluding carboxylic acids is 1. The van der Waals surface area contributed by atoms with E-state index in [1.54, 1.807) is 14.2 Å². The normalized spacial score (nSPS) is 22.6. The smallest absolute Gasteiger partial charge is 0.222 e. The van der Waals surface area contributed by atoms with Crippen molar-refractivity contribution < 1.29 is 14.3 Å². The number of ether oxygens (including phenoxy) is 2. The number of halogens is 1. The van der Waals surface area contributed by atoms with Crippen LogP contribution in [0.3, 0.4) is 0 Å². The Morgan fingerprint density at radius 2 is 1.71 bits per heavy atom. The summed E-state index contributed by atoms with van der Waals surface area (Å²) in [5.41, 5.74) is 7.38. The van der Waals surface area contributed by atoms with Gasteiger partial charge in [-0.3, -0.25) is 4.79 Å². The van der Waals surface area contributed by atoms with Gasteiger partial charge in [0.15, 0.2) is 0 Å². The zero-order valence-corrected chi connectivity index (χ0v) is 18.0. The van der Waals surface area contributed by atoms with Gasteiger partial charge in [-0.2, -0.15) is 0 Å². The van der Waals surface area contributed by atoms with Gasteiger partial charge in [-0.15, -0.1) is 12.4 Å². The number of hydrogen-bond acceptors (Lipinski definition) is 4. The molecule has 2 fully saturated rings. The highest BCUT2D eigenvalue weighted by Gasteiger charge is 2.29. The van der Waals surface area contributed by atoms with E-state index in [1.807, 2.05) is 6.07 Å². The van der Waals surface area contributed by atoms with Crippen molar-refractivity contribution >= 4 is 18.3 Å². The Morgan fingerprint density at radius 1 is 1.07 bits per heavy atom. The number of hydrogen-bond donors (Lipinski definition) is 1. The van der Waals surface area contributed by atoms with Crippen molar-refractivity contribution in [2.75, 3.05) is 27.3 Å². The maximum Gasteiger partial charge on any atom is 0.222 e. The number of rotatable bonds is 7. The lowest BCUT2D eigenvalue weighted by molar-refractivity contribution is -0.133. The van der Waals surface area contributed by atoms with Gasteiger partial charge in [0.2, 0.25) is 5.91 Å². The van der Waals surface area contributed by atoms with Crippen molar-refractivity contribution in [3.63, 3.8) is 0 Å². The summed E-state index contributed by atoms with van der Waals surface area (Å²) in [6.07, 6.45) is 8.39. The topological polar surface area (TPSA) is 64.8 Å². The third-order valence-electron chi connectivity index (χ3n) is 6.37. The standard InChI is InChI=1S/C22H34N2O3.ClH/c1-26-19-12-17(13-20(15-19)27-2)7-6-16-8-10-24(11-9-16)22(25)14-18-4-3-5-21(18)23;/h12-13,15-16,18,21H,3-11,14,23H2,1-2H3;1H/t18-,21+;/m0./s1. The molecule has 0 bridgehead atoms. The third-order valence-corrected chi connectivity index (χ3v) is 6.37. The highest BCUT2D eigenvalue weighted by molar-refractivity contribution is 5.85. The van der Waals surface area contributed by atoms with Gasteiger partial charge >= 0.3 is 0 Å². The van der Waals surface area contributed by atoms with Crippen LogP contribution in [0.25, 0.3) is 0 Å². The molecule has 1 saturated heterocycles. The Hall–Kier alpha value is -1.46. The van der Waals surface area contributed by atoms with Crippen LogP contribution in [0, 0.1) is 11.8 Å². The Balaban J connectivity index is 0.00000280. The molecule has 5 nitrogen and oxygen atoms in total. The van der Waals surface area contributed by atoms with Crippen LogP contribution in [-0.2, 0) is 11.2 Å². The number of amides is 1. The van der Waals surface area contributed by atoms with Crippen LogP contribution >= 0.6 is 12.4 Å². The summed E-state index contributed by atoms with van der Waals surface area (Å²) in [4.78, 5) is 14.6. The van der Waals surface area contributed by atoms with Crippen LogP contribution in [0.2, 0.25) is 0 Å². The molecule has 1 aromatic rings. The SMILES string of the molecule is COc1cc(CCC2CCN(C(=O)C[C@@H]3CCC[C@H]3N)CC2)cc(OC)c1.Cl. The largest absolute Gasteiger partial charge is 0.497 e. The summed E-state index contributed by atoms with van der Waals surface area (Å²) >= 11 is 0. The van der Waals surface area contributed by atoms with Crippen molar-refractivity contribution in [1.82, 2.24) is 4.90 Å². The summed E-state index contributed by atoms with van der Waals surface area (Å²) < 4.78 is 10.7. The molecular weight excluding hydrogens is 376 g/mol. The van der Waals surface area contributed by atoms with E-state index in [4.69, 9.17) is 15.2 Å². The molecule has 1 saturated carbocycles. The summed E-state index contributed by atoms with van der Waals surface area (Å²) in [5.74, 6) is 3.08. The maximum absolute atomic E-state index is 12.6. The molecule has 2 atom stereocenters. The van der Waals surface area contributed by atoms with E-state index >= 15 is 0 Å². The Labute approximate surface area is 175 Å². The minimum atomic E-state index is 0. The van der Waals surface area contributed by atoms with Gasteiger partial charge in [-0.25, -0.2) is 0 Å². The molecule has 1 heterocycles. The van der Waals surface area contributed by atoms with Crippen LogP contribution in [0.4, 0.5) is 0 Å². The van der Waals surface area contributed by atoms with Crippen molar-refractivity contribution in [2.45, 2.75) is 57.4 Å². The van der Waals surface area contributed by atoms with Crippen LogP contribution in [0.5, 0.6) is 11.5 Å². The number of nitrogens with zero attached hydrogens (tertiary/aromatic N) is 1. The van der Waals surface area contributed by atoms with E-state index in [2.05, 4.69) is 17.0 Å². The molecule has 158 valence electrons. The predicted molar refractivity (Wildman–Crippen MR) is 114 cm³/mol. The molecule has 1 aliphatic carbocycles. The fourth-order valence-corrected chi connectivity index (χ4v) is 4.52. The number of piperidine rings is 1. The average molecular weight is 411 g/mol. The monoisotopic (exact) mass is 410 g/mol. The van der Waals surface area contributed by atoms with Crippen LogP contribution in [0.15, 0.2) is 18.2 Å². The molecule has 0 unspecified atom stereocenters. The van der Waals surface area contributed by atoms with Crippen LogP contribution in [0.1, 0.15) is 50.5 Å². The number of nitrogens with two attached hydrogens (primary N) is 1. The van der Waals surface area contributed by atoms with Gasteiger partial charge in [-0.05, 0) is 68.1 Å². The number of benzene rings is 1. The zero-order chi connectivity index (χ0) is 19.2. The first-order valence-corrected chi connectivity index (χ1v) is 10.3. The highest BCUT2D eigenvalue weighted by atomic mass is 35.5. The van der Waals surface area contributed by atoms with Crippen LogP contribution < -0.4 is 15.2 Å². The molecule has 1 amide bonds. The number of aryl methyl sites for hydroxylation is 1. The molecule has 2 aliphatic rings. The number of likely N-dealkylation sites (tertiary alicyclic amines) is 1. The summed E-state index contributed by atoms with van der Waals surface area (Å²) in [6, 6.07) is 6.31. The number of carbonyl (C=O) groups is 1. The molecular formula is C22H35ClN2O3. The highest BCUT2D eigenvalue weighted by Crippen LogP contribution is 2.30. The molecule has 0 spiro atoms. The summed E-state index contributed by atoms with van der Waals surface area (Å²) in [7, 11) is 3.37. The van der Waals surface area contributed by atoms with Gasteiger partial charge in [-0.1, -0.05) is 6.42 Å². The lowest BCUT2D eigenvalue weighted by Gasteiger charge is -2.33. The zero-order valence-electron chi connectivity index (χ0n) is 17.2. The van der Waals surface area contributed by atoms with E-state index in [0.29, 0.717) is 24.2 Å².